The van der Waals surface area contributed by atoms with Gasteiger partial charge in [0, 0.05) is 13.0 Å². The third kappa shape index (κ3) is 23.7. The molecule has 9 amide bonds. The number of amides is 9. The highest BCUT2D eigenvalue weighted by Crippen LogP contribution is 2.12. The maximum Gasteiger partial charge on any atom is 0.245 e. The van der Waals surface area contributed by atoms with Gasteiger partial charge >= 0.3 is 0 Å². The summed E-state index contributed by atoms with van der Waals surface area (Å²) in [6, 6.07) is -2.45. The number of hydrogen-bond acceptors (Lipinski definition) is 15. The molecule has 1 aliphatic rings. The fourth-order valence-electron chi connectivity index (χ4n) is 8.07. The second kappa shape index (κ2) is 34.6. The molecule has 1 saturated heterocycles. The number of nitrogens with one attached hydrogen (secondary N) is 9. The molecule has 0 radical (unpaired) electrons. The van der Waals surface area contributed by atoms with Gasteiger partial charge in [0.15, 0.2) is 0 Å². The van der Waals surface area contributed by atoms with Gasteiger partial charge in [0.25, 0.3) is 0 Å². The van der Waals surface area contributed by atoms with E-state index < -0.39 is 114 Å². The first-order valence-electron chi connectivity index (χ1n) is 25.7. The monoisotopic (exact) mass is 1030 g/mol. The lowest BCUT2D eigenvalue weighted by Crippen LogP contribution is -2.61. The quantitative estimate of drug-likeness (QED) is 0.0448. The van der Waals surface area contributed by atoms with Gasteiger partial charge in [-0.1, -0.05) is 83.2 Å². The smallest absolute Gasteiger partial charge is 0.245 e. The molecule has 412 valence electrons. The summed E-state index contributed by atoms with van der Waals surface area (Å²) in [5, 5.41) is 44.6. The van der Waals surface area contributed by atoms with E-state index in [1.165, 1.54) is 6.92 Å². The summed E-state index contributed by atoms with van der Waals surface area (Å²) in [4.78, 5) is 125. The molecule has 1 aromatic carbocycles. The molecule has 0 aliphatic carbocycles. The van der Waals surface area contributed by atoms with Gasteiger partial charge in [-0.05, 0) is 89.5 Å². The molecule has 0 unspecified atom stereocenters. The van der Waals surface area contributed by atoms with Crippen LogP contribution in [0.1, 0.15) is 117 Å². The lowest BCUT2D eigenvalue weighted by atomic mass is 10.00. The van der Waals surface area contributed by atoms with Gasteiger partial charge in [-0.3, -0.25) is 43.2 Å². The third-order valence-electron chi connectivity index (χ3n) is 12.1. The Morgan fingerprint density at radius 1 is 0.630 bits per heavy atom. The van der Waals surface area contributed by atoms with Crippen molar-refractivity contribution in [3.63, 3.8) is 0 Å². The summed E-state index contributed by atoms with van der Waals surface area (Å²) in [7, 11) is 0. The third-order valence-corrected chi connectivity index (χ3v) is 12.1. The Morgan fingerprint density at radius 3 is 1.67 bits per heavy atom. The first-order valence-corrected chi connectivity index (χ1v) is 25.7. The molecule has 10 atom stereocenters. The van der Waals surface area contributed by atoms with Gasteiger partial charge in [-0.25, -0.2) is 0 Å². The molecule has 24 heteroatoms. The minimum Gasteiger partial charge on any atom is -0.393 e. The van der Waals surface area contributed by atoms with Crippen LogP contribution in [-0.2, 0) is 49.6 Å². The van der Waals surface area contributed by atoms with E-state index in [1.54, 1.807) is 44.2 Å². The lowest BCUT2D eigenvalue weighted by Gasteiger charge is -2.28. The molecule has 2 rings (SSSR count). The predicted molar refractivity (Wildman–Crippen MR) is 273 cm³/mol. The predicted octanol–water partition coefficient (Wildman–Crippen LogP) is -3.44. The van der Waals surface area contributed by atoms with Gasteiger partial charge in [-0.2, -0.15) is 0 Å². The average molecular weight is 1030 g/mol. The van der Waals surface area contributed by atoms with Crippen molar-refractivity contribution in [1.82, 2.24) is 47.9 Å². The van der Waals surface area contributed by atoms with Gasteiger partial charge in [0.1, 0.15) is 48.3 Å². The topological polar surface area (TPSA) is 406 Å². The Bertz CT molecular complexity index is 1910. The molecule has 1 aromatic rings. The summed E-state index contributed by atoms with van der Waals surface area (Å²) in [6.45, 7) is 6.16. The van der Waals surface area contributed by atoms with E-state index in [0.29, 0.717) is 18.4 Å². The van der Waals surface area contributed by atoms with Crippen LogP contribution in [-0.4, -0.2) is 157 Å². The van der Waals surface area contributed by atoms with Gasteiger partial charge in [-0.15, -0.1) is 0 Å². The molecule has 0 bridgehead atoms. The summed E-state index contributed by atoms with van der Waals surface area (Å²) in [6.07, 6.45) is 1.51. The number of unbranched alkanes of at least 4 members (excludes halogenated alkanes) is 4. The van der Waals surface area contributed by atoms with E-state index in [0.717, 1.165) is 25.7 Å². The van der Waals surface area contributed by atoms with E-state index in [4.69, 9.17) is 22.9 Å². The highest BCUT2D eigenvalue weighted by atomic mass is 16.3. The molecule has 24 nitrogen and oxygen atoms in total. The van der Waals surface area contributed by atoms with Crippen LogP contribution >= 0.6 is 0 Å². The summed E-state index contributed by atoms with van der Waals surface area (Å²) >= 11 is 0. The Morgan fingerprint density at radius 2 is 1.14 bits per heavy atom. The van der Waals surface area contributed by atoms with Crippen molar-refractivity contribution in [3.05, 3.63) is 35.9 Å². The van der Waals surface area contributed by atoms with Crippen LogP contribution < -0.4 is 70.8 Å². The number of carbonyl (C=O) groups is 9. The van der Waals surface area contributed by atoms with Gasteiger partial charge < -0.3 is 81.0 Å². The molecule has 1 heterocycles. The molecule has 0 aromatic heterocycles. The normalized spacial score (nSPS) is 23.5. The first kappa shape index (κ1) is 63.3. The Hall–Kier alpha value is -5.79. The van der Waals surface area contributed by atoms with E-state index in [9.17, 15) is 53.4 Å². The molecule has 19 N–H and O–H groups in total. The number of aliphatic hydroxyl groups excluding tert-OH is 2. The zero-order valence-electron chi connectivity index (χ0n) is 43.1. The first-order chi connectivity index (χ1) is 34.8. The number of nitrogens with two attached hydrogens (primary N) is 4. The van der Waals surface area contributed by atoms with Crippen LogP contribution in [0.2, 0.25) is 0 Å². The van der Waals surface area contributed by atoms with Crippen molar-refractivity contribution in [1.29, 1.82) is 0 Å². The van der Waals surface area contributed by atoms with Crippen LogP contribution in [0.25, 0.3) is 0 Å². The van der Waals surface area contributed by atoms with E-state index >= 15 is 0 Å². The fourth-order valence-corrected chi connectivity index (χ4v) is 8.07. The second-order valence-corrected chi connectivity index (χ2v) is 19.0. The Balaban J connectivity index is 2.66. The van der Waals surface area contributed by atoms with Crippen LogP contribution in [0.5, 0.6) is 0 Å². The summed E-state index contributed by atoms with van der Waals surface area (Å²) < 4.78 is 0. The number of hydrogen-bond donors (Lipinski definition) is 15. The molecule has 73 heavy (non-hydrogen) atoms. The number of carbonyl (C=O) groups excluding carboxylic acids is 9. The van der Waals surface area contributed by atoms with Crippen molar-refractivity contribution in [2.45, 2.75) is 178 Å². The molecular formula is C49H85N13O11. The minimum atomic E-state index is -1.62. The van der Waals surface area contributed by atoms with Crippen LogP contribution in [0, 0.1) is 5.92 Å². The average Bonchev–Trinajstić information content (AvgIpc) is 3.33. The number of aliphatic hydroxyl groups is 2. The van der Waals surface area contributed by atoms with Crippen LogP contribution in [0.15, 0.2) is 30.3 Å². The highest BCUT2D eigenvalue weighted by molar-refractivity contribution is 5.98. The molecule has 0 spiro atoms. The van der Waals surface area contributed by atoms with Crippen molar-refractivity contribution >= 4 is 53.2 Å². The van der Waals surface area contributed by atoms with Crippen molar-refractivity contribution in [2.24, 2.45) is 28.9 Å². The van der Waals surface area contributed by atoms with E-state index in [1.807, 2.05) is 0 Å². The molecule has 0 saturated carbocycles. The second-order valence-electron chi connectivity index (χ2n) is 19.0. The molecule has 1 fully saturated rings. The van der Waals surface area contributed by atoms with Crippen molar-refractivity contribution in [2.75, 3.05) is 32.7 Å². The largest absolute Gasteiger partial charge is 0.393 e. The van der Waals surface area contributed by atoms with Crippen LogP contribution in [0.3, 0.4) is 0 Å². The van der Waals surface area contributed by atoms with Gasteiger partial charge in [0.05, 0.1) is 18.6 Å². The van der Waals surface area contributed by atoms with Crippen LogP contribution in [0.4, 0.5) is 0 Å². The maximum atomic E-state index is 14.3. The van der Waals surface area contributed by atoms with E-state index in [-0.39, 0.29) is 90.0 Å². The highest BCUT2D eigenvalue weighted by Gasteiger charge is 2.36. The van der Waals surface area contributed by atoms with E-state index in [2.05, 4.69) is 54.8 Å². The lowest BCUT2D eigenvalue weighted by molar-refractivity contribution is -0.136. The van der Waals surface area contributed by atoms with Crippen molar-refractivity contribution in [3.8, 4) is 0 Å². The molecular weight excluding hydrogens is 947 g/mol. The number of benzene rings is 1. The SMILES string of the molecule is CCCCCCC[C@@H](O)CC(=O)N[C@H](CCN)C(=O)N[C@H]1CCNC(=O)[C@H]([C@@H](C)O)NC(=O)[C@H](CCN)NC(=O)[C@H](CCN)NC(=O)[C@H](CC(C)C)NC(=O)[C@@H](Cc2ccccc2)NC(=O)[C@H](CCN)NC1=O. The Labute approximate surface area is 428 Å². The fraction of sp³-hybridized carbons (Fsp3) is 0.694. The number of rotatable bonds is 24. The minimum absolute atomic E-state index is 0.0683. The van der Waals surface area contributed by atoms with Gasteiger partial charge in [0.2, 0.25) is 53.2 Å². The standard InChI is InChI=1S/C49H85N13O11/c1-5-6-7-8-12-15-32(64)28-40(65)55-33(16-21-50)42(66)59-37-20-25-54-49(73)41(30(4)63)62-46(70)36(19-24-53)57-43(67)34(17-22-51)58-47(71)38(26-29(2)3)60-48(72)39(27-31-13-10-9-11-14-31)61-44(68)35(18-23-52)56-45(37)69/h9-11,13-14,29-30,32-39,41,63-64H,5-8,12,15-28,50-53H2,1-4H3,(H,54,73)(H,55,65)(H,56,69)(H,57,67)(H,58,71)(H,59,66)(H,60,72)(H,61,68)(H,62,70)/t30-,32-,33-,34+,35+,36+,37+,38+,39-,41+/m1/s1. The Kier molecular flexibility index (Phi) is 30.0. The summed E-state index contributed by atoms with van der Waals surface area (Å²) in [5.74, 6) is -7.67. The zero-order valence-corrected chi connectivity index (χ0v) is 43.1. The summed E-state index contributed by atoms with van der Waals surface area (Å²) in [5.41, 5.74) is 24.1. The zero-order chi connectivity index (χ0) is 54.5. The maximum absolute atomic E-state index is 14.3. The molecule has 1 aliphatic heterocycles. The van der Waals surface area contributed by atoms with Crippen molar-refractivity contribution < 1.29 is 53.4 Å².